The molecule has 0 unspecified atom stereocenters. The zero-order valence-corrected chi connectivity index (χ0v) is 12.4. The normalized spacial score (nSPS) is 11.9. The second-order valence-electron chi connectivity index (χ2n) is 3.97. The molecule has 0 fully saturated rings. The fourth-order valence-corrected chi connectivity index (χ4v) is 1.90. The van der Waals surface area contributed by atoms with Crippen LogP contribution in [0.2, 0.25) is 5.15 Å². The minimum absolute atomic E-state index is 0.113. The van der Waals surface area contributed by atoms with Crippen LogP contribution in [0.3, 0.4) is 0 Å². The Morgan fingerprint density at radius 1 is 1.26 bits per heavy atom. The summed E-state index contributed by atoms with van der Waals surface area (Å²) in [6, 6.07) is 7.64. The largest absolute Gasteiger partial charge is 0.344 e. The molecule has 1 aromatic heterocycles. The van der Waals surface area contributed by atoms with E-state index in [9.17, 15) is 4.79 Å². The van der Waals surface area contributed by atoms with E-state index in [1.807, 2.05) is 31.2 Å². The molecule has 0 bridgehead atoms. The smallest absolute Gasteiger partial charge is 0.271 e. The number of benzene rings is 1. The SMILES string of the molecule is C[C@@H](NC(=O)c1cnc(Cl)cn1)c1ccc(Br)cc1. The van der Waals surface area contributed by atoms with E-state index in [0.29, 0.717) is 0 Å². The van der Waals surface area contributed by atoms with Gasteiger partial charge in [-0.3, -0.25) is 4.79 Å². The van der Waals surface area contributed by atoms with Crippen molar-refractivity contribution in [1.82, 2.24) is 15.3 Å². The van der Waals surface area contributed by atoms with Crippen molar-refractivity contribution in [3.63, 3.8) is 0 Å². The average Bonchev–Trinajstić information content (AvgIpc) is 2.40. The number of hydrogen-bond donors (Lipinski definition) is 1. The van der Waals surface area contributed by atoms with Gasteiger partial charge in [-0.1, -0.05) is 39.7 Å². The molecule has 0 spiro atoms. The van der Waals surface area contributed by atoms with Gasteiger partial charge in [0.2, 0.25) is 0 Å². The molecular weight excluding hydrogens is 330 g/mol. The molecule has 1 heterocycles. The monoisotopic (exact) mass is 339 g/mol. The molecule has 1 N–H and O–H groups in total. The highest BCUT2D eigenvalue weighted by Gasteiger charge is 2.12. The minimum atomic E-state index is -0.278. The highest BCUT2D eigenvalue weighted by molar-refractivity contribution is 9.10. The Bertz CT molecular complexity index is 571. The fraction of sp³-hybridized carbons (Fsp3) is 0.154. The lowest BCUT2D eigenvalue weighted by Gasteiger charge is -2.13. The van der Waals surface area contributed by atoms with E-state index >= 15 is 0 Å². The van der Waals surface area contributed by atoms with Gasteiger partial charge < -0.3 is 5.32 Å². The summed E-state index contributed by atoms with van der Waals surface area (Å²) < 4.78 is 0.998. The molecule has 0 saturated carbocycles. The fourth-order valence-electron chi connectivity index (χ4n) is 1.53. The molecule has 1 aromatic carbocycles. The van der Waals surface area contributed by atoms with E-state index in [-0.39, 0.29) is 22.8 Å². The summed E-state index contributed by atoms with van der Waals surface area (Å²) in [5, 5.41) is 3.11. The van der Waals surface area contributed by atoms with Gasteiger partial charge in [0.25, 0.3) is 5.91 Å². The first-order chi connectivity index (χ1) is 9.06. The molecule has 1 atom stereocenters. The summed E-state index contributed by atoms with van der Waals surface area (Å²) in [4.78, 5) is 19.7. The zero-order chi connectivity index (χ0) is 13.8. The number of carbonyl (C=O) groups is 1. The lowest BCUT2D eigenvalue weighted by atomic mass is 10.1. The maximum Gasteiger partial charge on any atom is 0.271 e. The van der Waals surface area contributed by atoms with Gasteiger partial charge in [0.1, 0.15) is 10.8 Å². The molecule has 19 heavy (non-hydrogen) atoms. The van der Waals surface area contributed by atoms with Crippen molar-refractivity contribution in [2.45, 2.75) is 13.0 Å². The van der Waals surface area contributed by atoms with Crippen LogP contribution in [0.5, 0.6) is 0 Å². The lowest BCUT2D eigenvalue weighted by molar-refractivity contribution is 0.0934. The van der Waals surface area contributed by atoms with Crippen molar-refractivity contribution in [1.29, 1.82) is 0 Å². The molecule has 6 heteroatoms. The number of hydrogen-bond acceptors (Lipinski definition) is 3. The molecular formula is C13H11BrClN3O. The van der Waals surface area contributed by atoms with Crippen LogP contribution in [-0.4, -0.2) is 15.9 Å². The van der Waals surface area contributed by atoms with Crippen molar-refractivity contribution in [3.05, 3.63) is 57.5 Å². The predicted octanol–water partition coefficient (Wildman–Crippen LogP) is 3.38. The lowest BCUT2D eigenvalue weighted by Crippen LogP contribution is -2.27. The Morgan fingerprint density at radius 2 is 1.95 bits per heavy atom. The number of nitrogens with one attached hydrogen (secondary N) is 1. The minimum Gasteiger partial charge on any atom is -0.344 e. The van der Waals surface area contributed by atoms with E-state index < -0.39 is 0 Å². The van der Waals surface area contributed by atoms with E-state index in [1.54, 1.807) is 0 Å². The van der Waals surface area contributed by atoms with Crippen LogP contribution < -0.4 is 5.32 Å². The molecule has 1 amide bonds. The predicted molar refractivity (Wildman–Crippen MR) is 77.1 cm³/mol. The van der Waals surface area contributed by atoms with Crippen LogP contribution in [0.1, 0.15) is 29.0 Å². The van der Waals surface area contributed by atoms with Crippen molar-refractivity contribution >= 4 is 33.4 Å². The van der Waals surface area contributed by atoms with Crippen molar-refractivity contribution in [2.24, 2.45) is 0 Å². The second-order valence-corrected chi connectivity index (χ2v) is 5.27. The first-order valence-electron chi connectivity index (χ1n) is 5.60. The van der Waals surface area contributed by atoms with Gasteiger partial charge in [-0.25, -0.2) is 9.97 Å². The second kappa shape index (κ2) is 6.12. The summed E-state index contributed by atoms with van der Waals surface area (Å²) in [6.45, 7) is 1.91. The molecule has 0 aliphatic carbocycles. The van der Waals surface area contributed by atoms with Gasteiger partial charge in [0, 0.05) is 4.47 Å². The Balaban J connectivity index is 2.06. The van der Waals surface area contributed by atoms with Gasteiger partial charge in [0.15, 0.2) is 0 Å². The summed E-state index contributed by atoms with van der Waals surface area (Å²) in [5.74, 6) is -0.278. The number of carbonyl (C=O) groups excluding carboxylic acids is 1. The summed E-state index contributed by atoms with van der Waals surface area (Å²) >= 11 is 8.99. The van der Waals surface area contributed by atoms with Crippen molar-refractivity contribution in [3.8, 4) is 0 Å². The van der Waals surface area contributed by atoms with Gasteiger partial charge >= 0.3 is 0 Å². The summed E-state index contributed by atoms with van der Waals surface area (Å²) in [7, 11) is 0. The summed E-state index contributed by atoms with van der Waals surface area (Å²) in [5.41, 5.74) is 1.26. The number of aromatic nitrogens is 2. The van der Waals surface area contributed by atoms with E-state index in [0.717, 1.165) is 10.0 Å². The van der Waals surface area contributed by atoms with Gasteiger partial charge in [-0.15, -0.1) is 0 Å². The Kier molecular flexibility index (Phi) is 4.50. The molecule has 2 rings (SSSR count). The van der Waals surface area contributed by atoms with E-state index in [4.69, 9.17) is 11.6 Å². The number of rotatable bonds is 3. The van der Waals surface area contributed by atoms with Crippen LogP contribution in [0.25, 0.3) is 0 Å². The highest BCUT2D eigenvalue weighted by Crippen LogP contribution is 2.16. The van der Waals surface area contributed by atoms with Gasteiger partial charge in [-0.2, -0.15) is 0 Å². The first-order valence-corrected chi connectivity index (χ1v) is 6.77. The van der Waals surface area contributed by atoms with E-state index in [2.05, 4.69) is 31.2 Å². The quantitative estimate of drug-likeness (QED) is 0.932. The molecule has 0 saturated heterocycles. The molecule has 98 valence electrons. The number of amides is 1. The molecule has 0 aliphatic heterocycles. The standard InChI is InChI=1S/C13H11BrClN3O/c1-8(9-2-4-10(14)5-3-9)18-13(19)11-6-17-12(15)7-16-11/h2-8H,1H3,(H,18,19)/t8-/m1/s1. The van der Waals surface area contributed by atoms with Gasteiger partial charge in [0.05, 0.1) is 18.4 Å². The molecule has 0 aliphatic rings. The van der Waals surface area contributed by atoms with Crippen LogP contribution in [0, 0.1) is 0 Å². The summed E-state index contributed by atoms with van der Waals surface area (Å²) in [6.07, 6.45) is 2.70. The van der Waals surface area contributed by atoms with Gasteiger partial charge in [-0.05, 0) is 24.6 Å². The third-order valence-electron chi connectivity index (χ3n) is 2.57. The van der Waals surface area contributed by atoms with E-state index in [1.165, 1.54) is 12.4 Å². The third kappa shape index (κ3) is 3.75. The maximum atomic E-state index is 11.9. The maximum absolute atomic E-state index is 11.9. The first kappa shape index (κ1) is 14.0. The Labute approximate surface area is 124 Å². The topological polar surface area (TPSA) is 54.9 Å². The van der Waals surface area contributed by atoms with Crippen LogP contribution >= 0.6 is 27.5 Å². The van der Waals surface area contributed by atoms with Crippen LogP contribution in [0.15, 0.2) is 41.1 Å². The highest BCUT2D eigenvalue weighted by atomic mass is 79.9. The molecule has 0 radical (unpaired) electrons. The van der Waals surface area contributed by atoms with Crippen LogP contribution in [-0.2, 0) is 0 Å². The number of halogens is 2. The van der Waals surface area contributed by atoms with Crippen LogP contribution in [0.4, 0.5) is 0 Å². The Hall–Kier alpha value is -1.46. The third-order valence-corrected chi connectivity index (χ3v) is 3.29. The number of nitrogens with zero attached hydrogens (tertiary/aromatic N) is 2. The molecule has 2 aromatic rings. The molecule has 4 nitrogen and oxygen atoms in total. The average molecular weight is 341 g/mol. The van der Waals surface area contributed by atoms with Crippen molar-refractivity contribution < 1.29 is 4.79 Å². The zero-order valence-electron chi connectivity index (χ0n) is 10.1. The Morgan fingerprint density at radius 3 is 2.53 bits per heavy atom. The van der Waals surface area contributed by atoms with Crippen molar-refractivity contribution in [2.75, 3.05) is 0 Å².